The first-order chi connectivity index (χ1) is 10.6. The summed E-state index contributed by atoms with van der Waals surface area (Å²) in [4.78, 5) is 24.2. The van der Waals surface area contributed by atoms with Gasteiger partial charge in [0.1, 0.15) is 11.5 Å². The summed E-state index contributed by atoms with van der Waals surface area (Å²) in [5.74, 6) is -0.100. The summed E-state index contributed by atoms with van der Waals surface area (Å²) in [7, 11) is 2.86. The van der Waals surface area contributed by atoms with Gasteiger partial charge >= 0.3 is 0 Å². The molecule has 0 spiro atoms. The van der Waals surface area contributed by atoms with Gasteiger partial charge in [-0.05, 0) is 23.8 Å². The van der Waals surface area contributed by atoms with E-state index in [9.17, 15) is 14.7 Å². The van der Waals surface area contributed by atoms with Crippen LogP contribution in [0.15, 0.2) is 48.5 Å². The molecule has 1 N–H and O–H groups in total. The Morgan fingerprint density at radius 1 is 1.09 bits per heavy atom. The normalized spacial score (nSPS) is 13.0. The van der Waals surface area contributed by atoms with Crippen LogP contribution in [0.2, 0.25) is 0 Å². The van der Waals surface area contributed by atoms with E-state index < -0.39 is 11.4 Å². The van der Waals surface area contributed by atoms with Crippen LogP contribution >= 0.6 is 0 Å². The highest BCUT2D eigenvalue weighted by molar-refractivity contribution is 6.13. The molecule has 2 aromatic rings. The summed E-state index contributed by atoms with van der Waals surface area (Å²) in [5.41, 5.74) is -2.01. The number of hydrogen-bond donors (Lipinski definition) is 1. The van der Waals surface area contributed by atoms with Gasteiger partial charge in [0.15, 0.2) is 6.29 Å². The second-order valence-corrected chi connectivity index (χ2v) is 4.65. The molecule has 0 aromatic heterocycles. The molecule has 0 radical (unpaired) electrons. The van der Waals surface area contributed by atoms with Crippen LogP contribution in [0.25, 0.3) is 0 Å². The van der Waals surface area contributed by atoms with Gasteiger partial charge in [0, 0.05) is 0 Å². The van der Waals surface area contributed by atoms with Crippen LogP contribution in [0.1, 0.15) is 15.9 Å². The van der Waals surface area contributed by atoms with Crippen LogP contribution in [0.4, 0.5) is 0 Å². The largest absolute Gasteiger partial charge is 0.497 e. The van der Waals surface area contributed by atoms with Gasteiger partial charge in [0.25, 0.3) is 0 Å². The molecule has 0 aliphatic rings. The van der Waals surface area contributed by atoms with Crippen molar-refractivity contribution in [3.05, 3.63) is 59.7 Å². The topological polar surface area (TPSA) is 72.8 Å². The molecule has 0 aliphatic heterocycles. The first-order valence-corrected chi connectivity index (χ1v) is 6.58. The Hall–Kier alpha value is -2.66. The summed E-state index contributed by atoms with van der Waals surface area (Å²) >= 11 is 0. The zero-order valence-corrected chi connectivity index (χ0v) is 12.3. The molecular weight excluding hydrogens is 284 g/mol. The van der Waals surface area contributed by atoms with Gasteiger partial charge < -0.3 is 14.6 Å². The summed E-state index contributed by atoms with van der Waals surface area (Å²) in [6.45, 7) is 0. The molecule has 1 atom stereocenters. The molecule has 2 aromatic carbocycles. The summed E-state index contributed by atoms with van der Waals surface area (Å²) in [5, 5.41) is 10.6. The Labute approximate surface area is 128 Å². The number of rotatable bonds is 6. The quantitative estimate of drug-likeness (QED) is 0.501. The van der Waals surface area contributed by atoms with Crippen LogP contribution in [-0.4, -0.2) is 31.4 Å². The van der Waals surface area contributed by atoms with Crippen molar-refractivity contribution in [1.29, 1.82) is 0 Å². The minimum Gasteiger partial charge on any atom is -0.497 e. The number of ketones is 1. The van der Waals surface area contributed by atoms with Gasteiger partial charge in [-0.25, -0.2) is 0 Å². The fraction of sp³-hybridized carbons (Fsp3) is 0.176. The van der Waals surface area contributed by atoms with Crippen molar-refractivity contribution in [2.45, 2.75) is 5.60 Å². The molecule has 5 nitrogen and oxygen atoms in total. The maximum Gasteiger partial charge on any atom is 0.210 e. The summed E-state index contributed by atoms with van der Waals surface area (Å²) in [6.07, 6.45) is 0.226. The molecule has 2 rings (SSSR count). The van der Waals surface area contributed by atoms with Crippen LogP contribution in [0.3, 0.4) is 0 Å². The summed E-state index contributed by atoms with van der Waals surface area (Å²) in [6, 6.07) is 12.6. The number of benzene rings is 2. The highest BCUT2D eigenvalue weighted by Gasteiger charge is 2.39. The lowest BCUT2D eigenvalue weighted by Gasteiger charge is -2.22. The molecule has 22 heavy (non-hydrogen) atoms. The van der Waals surface area contributed by atoms with E-state index in [0.29, 0.717) is 5.75 Å². The number of carbonyl (C=O) groups excluding carboxylic acids is 2. The predicted octanol–water partition coefficient (Wildman–Crippen LogP) is 1.97. The smallest absolute Gasteiger partial charge is 0.210 e. The van der Waals surface area contributed by atoms with Crippen molar-refractivity contribution in [3.63, 3.8) is 0 Å². The first kappa shape index (κ1) is 15.7. The minimum atomic E-state index is -2.28. The van der Waals surface area contributed by atoms with Gasteiger partial charge in [-0.2, -0.15) is 0 Å². The van der Waals surface area contributed by atoms with Crippen molar-refractivity contribution in [2.75, 3.05) is 14.2 Å². The second-order valence-electron chi connectivity index (χ2n) is 4.65. The number of carbonyl (C=O) groups is 2. The number of ether oxygens (including phenoxy) is 2. The monoisotopic (exact) mass is 300 g/mol. The average Bonchev–Trinajstić information content (AvgIpc) is 2.60. The van der Waals surface area contributed by atoms with E-state index >= 15 is 0 Å². The van der Waals surface area contributed by atoms with Gasteiger partial charge in [0.2, 0.25) is 11.4 Å². The molecule has 0 aliphatic carbocycles. The van der Waals surface area contributed by atoms with Crippen molar-refractivity contribution < 1.29 is 24.2 Å². The van der Waals surface area contributed by atoms with Gasteiger partial charge in [-0.15, -0.1) is 0 Å². The lowest BCUT2D eigenvalue weighted by molar-refractivity contribution is -0.120. The fourth-order valence-electron chi connectivity index (χ4n) is 2.14. The van der Waals surface area contributed by atoms with Crippen LogP contribution in [0.5, 0.6) is 11.5 Å². The molecule has 0 bridgehead atoms. The molecule has 0 heterocycles. The van der Waals surface area contributed by atoms with E-state index in [0.717, 1.165) is 0 Å². The fourth-order valence-corrected chi connectivity index (χ4v) is 2.14. The van der Waals surface area contributed by atoms with Gasteiger partial charge in [0.05, 0.1) is 19.8 Å². The van der Waals surface area contributed by atoms with Crippen LogP contribution in [-0.2, 0) is 10.4 Å². The third-order valence-corrected chi connectivity index (χ3v) is 3.38. The first-order valence-electron chi connectivity index (χ1n) is 6.58. The molecular formula is C17H16O5. The zero-order chi connectivity index (χ0) is 16.2. The van der Waals surface area contributed by atoms with E-state index in [1.165, 1.54) is 32.4 Å². The van der Waals surface area contributed by atoms with E-state index in [1.54, 1.807) is 30.3 Å². The number of aliphatic hydroxyl groups is 1. The third-order valence-electron chi connectivity index (χ3n) is 3.38. The van der Waals surface area contributed by atoms with E-state index in [-0.39, 0.29) is 23.2 Å². The Balaban J connectivity index is 2.56. The predicted molar refractivity (Wildman–Crippen MR) is 80.3 cm³/mol. The van der Waals surface area contributed by atoms with Crippen LogP contribution < -0.4 is 9.47 Å². The zero-order valence-electron chi connectivity index (χ0n) is 12.3. The third kappa shape index (κ3) is 2.71. The maximum atomic E-state index is 12.7. The van der Waals surface area contributed by atoms with Crippen molar-refractivity contribution in [3.8, 4) is 11.5 Å². The van der Waals surface area contributed by atoms with Gasteiger partial charge in [-0.3, -0.25) is 9.59 Å². The minimum absolute atomic E-state index is 0.0697. The van der Waals surface area contributed by atoms with Crippen LogP contribution in [0, 0.1) is 0 Å². The number of hydrogen-bond acceptors (Lipinski definition) is 5. The average molecular weight is 300 g/mol. The van der Waals surface area contributed by atoms with Crippen molar-refractivity contribution in [1.82, 2.24) is 0 Å². The molecule has 0 saturated heterocycles. The van der Waals surface area contributed by atoms with Crippen molar-refractivity contribution in [2.24, 2.45) is 0 Å². The molecule has 0 saturated carbocycles. The van der Waals surface area contributed by atoms with E-state index in [2.05, 4.69) is 0 Å². The number of aldehydes is 1. The Bertz CT molecular complexity index is 681. The lowest BCUT2D eigenvalue weighted by Crippen LogP contribution is -2.37. The van der Waals surface area contributed by atoms with E-state index in [4.69, 9.17) is 9.47 Å². The SMILES string of the molecule is COc1ccc(OC)c(C(=O)C(O)(C=O)c2ccccc2)c1. The molecule has 0 amide bonds. The number of methoxy groups -OCH3 is 2. The number of Topliss-reactive ketones (excluding diaryl/α,β-unsaturated/α-hetero) is 1. The summed E-state index contributed by atoms with van der Waals surface area (Å²) < 4.78 is 10.2. The van der Waals surface area contributed by atoms with Crippen molar-refractivity contribution >= 4 is 12.1 Å². The maximum absolute atomic E-state index is 12.7. The second kappa shape index (κ2) is 6.41. The Morgan fingerprint density at radius 2 is 1.77 bits per heavy atom. The van der Waals surface area contributed by atoms with Gasteiger partial charge in [-0.1, -0.05) is 30.3 Å². The highest BCUT2D eigenvalue weighted by atomic mass is 16.5. The Kier molecular flexibility index (Phi) is 4.58. The molecule has 0 fully saturated rings. The molecule has 1 unspecified atom stereocenters. The van der Waals surface area contributed by atoms with E-state index in [1.807, 2.05) is 0 Å². The molecule has 114 valence electrons. The molecule has 5 heteroatoms. The lowest BCUT2D eigenvalue weighted by atomic mass is 9.87. The Morgan fingerprint density at radius 3 is 2.32 bits per heavy atom. The standard InChI is InChI=1S/C17H16O5/c1-21-13-8-9-15(22-2)14(10-13)16(19)17(20,11-18)12-6-4-3-5-7-12/h3-11,20H,1-2H3. The highest BCUT2D eigenvalue weighted by Crippen LogP contribution is 2.31.